The maximum atomic E-state index is 12.4. The summed E-state index contributed by atoms with van der Waals surface area (Å²) in [5.74, 6) is 0.169. The molecule has 2 aromatic carbocycles. The van der Waals surface area contributed by atoms with E-state index in [0.717, 1.165) is 17.8 Å². The van der Waals surface area contributed by atoms with Crippen LogP contribution in [0.4, 0.5) is 11.4 Å². The number of hydrogen-bond donors (Lipinski definition) is 1. The van der Waals surface area contributed by atoms with E-state index in [2.05, 4.69) is 23.5 Å². The van der Waals surface area contributed by atoms with Gasteiger partial charge in [0.25, 0.3) is 5.91 Å². The van der Waals surface area contributed by atoms with Crippen LogP contribution in [0.3, 0.4) is 0 Å². The average Bonchev–Trinajstić information content (AvgIpc) is 2.46. The van der Waals surface area contributed by atoms with Gasteiger partial charge in [0.1, 0.15) is 5.69 Å². The van der Waals surface area contributed by atoms with Crippen LogP contribution in [-0.2, 0) is 11.2 Å². The number of fused-ring (bicyclic) bond motifs is 1. The van der Waals surface area contributed by atoms with Crippen LogP contribution < -0.4 is 10.2 Å². The summed E-state index contributed by atoms with van der Waals surface area (Å²) in [6, 6.07) is 18.1. The highest BCUT2D eigenvalue weighted by molar-refractivity contribution is 5.99. The molecule has 3 heteroatoms. The second kappa shape index (κ2) is 4.86. The minimum Gasteiger partial charge on any atom is -0.305 e. The van der Waals surface area contributed by atoms with Crippen molar-refractivity contribution in [1.29, 1.82) is 0 Å². The van der Waals surface area contributed by atoms with E-state index in [1.807, 2.05) is 43.4 Å². The molecule has 0 unspecified atom stereocenters. The number of anilines is 1. The molecule has 1 aliphatic rings. The fourth-order valence-electron chi connectivity index (χ4n) is 2.60. The predicted molar refractivity (Wildman–Crippen MR) is 75.4 cm³/mol. The molecular formula is C16H17N2O+. The van der Waals surface area contributed by atoms with E-state index in [-0.39, 0.29) is 11.9 Å². The summed E-state index contributed by atoms with van der Waals surface area (Å²) in [5, 5.41) is 2.09. The van der Waals surface area contributed by atoms with Gasteiger partial charge in [0.2, 0.25) is 0 Å². The number of benzene rings is 2. The van der Waals surface area contributed by atoms with Crippen molar-refractivity contribution in [3.8, 4) is 0 Å². The van der Waals surface area contributed by atoms with Crippen LogP contribution in [0.2, 0.25) is 0 Å². The number of carbonyl (C=O) groups excluding carboxylic acids is 1. The first-order valence-electron chi connectivity index (χ1n) is 6.51. The van der Waals surface area contributed by atoms with Crippen LogP contribution in [0, 0.1) is 0 Å². The van der Waals surface area contributed by atoms with Crippen LogP contribution in [0.1, 0.15) is 5.56 Å². The number of amides is 1. The van der Waals surface area contributed by atoms with Gasteiger partial charge in [-0.25, -0.2) is 0 Å². The minimum absolute atomic E-state index is 0.0673. The average molecular weight is 253 g/mol. The molecule has 0 fully saturated rings. The Bertz CT molecular complexity index is 595. The molecule has 96 valence electrons. The Kier molecular flexibility index (Phi) is 3.05. The Labute approximate surface area is 112 Å². The summed E-state index contributed by atoms with van der Waals surface area (Å²) in [6.45, 7) is 0. The smallest absolute Gasteiger partial charge is 0.285 e. The molecule has 1 heterocycles. The van der Waals surface area contributed by atoms with Gasteiger partial charge in [0.15, 0.2) is 11.7 Å². The van der Waals surface area contributed by atoms with E-state index in [1.54, 1.807) is 4.90 Å². The maximum absolute atomic E-state index is 12.4. The molecule has 0 saturated heterocycles. The molecule has 2 aromatic rings. The van der Waals surface area contributed by atoms with Gasteiger partial charge in [-0.05, 0) is 11.6 Å². The van der Waals surface area contributed by atoms with Crippen molar-refractivity contribution >= 4 is 17.3 Å². The number of nitrogens with two attached hydrogens (primary N) is 1. The lowest BCUT2D eigenvalue weighted by molar-refractivity contribution is -0.597. The van der Waals surface area contributed by atoms with Gasteiger partial charge < -0.3 is 10.2 Å². The van der Waals surface area contributed by atoms with Crippen molar-refractivity contribution < 1.29 is 10.1 Å². The summed E-state index contributed by atoms with van der Waals surface area (Å²) in [4.78, 5) is 14.2. The molecule has 0 aromatic heterocycles. The summed E-state index contributed by atoms with van der Waals surface area (Å²) in [5.41, 5.74) is 3.34. The first-order valence-corrected chi connectivity index (χ1v) is 6.51. The number of para-hydroxylation sites is 2. The quantitative estimate of drug-likeness (QED) is 0.808. The molecule has 0 spiro atoms. The molecule has 2 N–H and O–H groups in total. The molecule has 3 rings (SSSR count). The zero-order valence-electron chi connectivity index (χ0n) is 10.9. The lowest BCUT2D eigenvalue weighted by atomic mass is 10.0. The normalized spacial score (nSPS) is 18.3. The number of rotatable bonds is 2. The van der Waals surface area contributed by atoms with Gasteiger partial charge in [-0.3, -0.25) is 4.79 Å². The SMILES string of the molecule is CN1C(=O)[C@H](Cc2ccccc2)[NH2+]c2ccccc21. The highest BCUT2D eigenvalue weighted by Crippen LogP contribution is 2.24. The van der Waals surface area contributed by atoms with Crippen molar-refractivity contribution in [2.45, 2.75) is 12.5 Å². The van der Waals surface area contributed by atoms with E-state index < -0.39 is 0 Å². The summed E-state index contributed by atoms with van der Waals surface area (Å²) < 4.78 is 0. The zero-order chi connectivity index (χ0) is 13.2. The minimum atomic E-state index is -0.0673. The van der Waals surface area contributed by atoms with E-state index in [0.29, 0.717) is 0 Å². The van der Waals surface area contributed by atoms with Crippen molar-refractivity contribution in [3.63, 3.8) is 0 Å². The van der Waals surface area contributed by atoms with E-state index in [9.17, 15) is 4.79 Å². The van der Waals surface area contributed by atoms with Crippen LogP contribution in [0.15, 0.2) is 54.6 Å². The van der Waals surface area contributed by atoms with Gasteiger partial charge in [-0.1, -0.05) is 42.5 Å². The summed E-state index contributed by atoms with van der Waals surface area (Å²) >= 11 is 0. The Morgan fingerprint density at radius 1 is 1.05 bits per heavy atom. The Morgan fingerprint density at radius 3 is 2.53 bits per heavy atom. The number of hydrogen-bond acceptors (Lipinski definition) is 1. The maximum Gasteiger partial charge on any atom is 0.285 e. The summed E-state index contributed by atoms with van der Waals surface area (Å²) in [6.07, 6.45) is 0.762. The van der Waals surface area contributed by atoms with E-state index in [4.69, 9.17) is 0 Å². The first kappa shape index (κ1) is 11.9. The number of likely N-dealkylation sites (N-methyl/N-ethyl adjacent to an activating group) is 1. The molecule has 0 radical (unpaired) electrons. The monoisotopic (exact) mass is 253 g/mol. The van der Waals surface area contributed by atoms with Gasteiger partial charge >= 0.3 is 0 Å². The Hall–Kier alpha value is -2.13. The number of carbonyl (C=O) groups is 1. The van der Waals surface area contributed by atoms with Crippen LogP contribution in [0.5, 0.6) is 0 Å². The third kappa shape index (κ3) is 2.25. The predicted octanol–water partition coefficient (Wildman–Crippen LogP) is 1.47. The lowest BCUT2D eigenvalue weighted by Crippen LogP contribution is -2.90. The molecule has 0 saturated carbocycles. The van der Waals surface area contributed by atoms with Crippen LogP contribution in [0.25, 0.3) is 0 Å². The highest BCUT2D eigenvalue weighted by Gasteiger charge is 2.33. The third-order valence-electron chi connectivity index (χ3n) is 3.63. The van der Waals surface area contributed by atoms with Gasteiger partial charge in [0.05, 0.1) is 0 Å². The molecular weight excluding hydrogens is 236 g/mol. The van der Waals surface area contributed by atoms with E-state index in [1.165, 1.54) is 5.56 Å². The molecule has 3 nitrogen and oxygen atoms in total. The van der Waals surface area contributed by atoms with Crippen molar-refractivity contribution in [3.05, 3.63) is 60.2 Å². The van der Waals surface area contributed by atoms with Crippen molar-refractivity contribution in [2.24, 2.45) is 0 Å². The third-order valence-corrected chi connectivity index (χ3v) is 3.63. The van der Waals surface area contributed by atoms with Crippen molar-refractivity contribution in [1.82, 2.24) is 0 Å². The first-order chi connectivity index (χ1) is 9.25. The Balaban J connectivity index is 1.87. The topological polar surface area (TPSA) is 36.9 Å². The van der Waals surface area contributed by atoms with Gasteiger partial charge in [0, 0.05) is 19.5 Å². The fourth-order valence-corrected chi connectivity index (χ4v) is 2.60. The summed E-state index contributed by atoms with van der Waals surface area (Å²) in [7, 11) is 1.85. The van der Waals surface area contributed by atoms with Crippen LogP contribution in [-0.4, -0.2) is 19.0 Å². The molecule has 1 amide bonds. The zero-order valence-corrected chi connectivity index (χ0v) is 10.9. The second-order valence-electron chi connectivity index (χ2n) is 4.92. The molecule has 0 bridgehead atoms. The molecule has 1 atom stereocenters. The second-order valence-corrected chi connectivity index (χ2v) is 4.92. The molecule has 1 aliphatic heterocycles. The van der Waals surface area contributed by atoms with E-state index >= 15 is 0 Å². The highest BCUT2D eigenvalue weighted by atomic mass is 16.2. The fraction of sp³-hybridized carbons (Fsp3) is 0.188. The van der Waals surface area contributed by atoms with Crippen molar-refractivity contribution in [2.75, 3.05) is 11.9 Å². The molecule has 0 aliphatic carbocycles. The van der Waals surface area contributed by atoms with Crippen LogP contribution >= 0.6 is 0 Å². The standard InChI is InChI=1S/C16H16N2O/c1-18-15-10-6-5-9-13(15)17-14(16(18)19)11-12-7-3-2-4-8-12/h2-10,14,17H,11H2,1H3/p+1/t14-/m0/s1. The number of quaternary nitrogens is 1. The largest absolute Gasteiger partial charge is 0.305 e. The Morgan fingerprint density at radius 2 is 1.74 bits per heavy atom. The van der Waals surface area contributed by atoms with Gasteiger partial charge in [-0.15, -0.1) is 0 Å². The lowest BCUT2D eigenvalue weighted by Gasteiger charge is -2.29. The number of nitrogens with zero attached hydrogens (tertiary/aromatic N) is 1. The van der Waals surface area contributed by atoms with Gasteiger partial charge in [-0.2, -0.15) is 0 Å². The molecule has 19 heavy (non-hydrogen) atoms.